The van der Waals surface area contributed by atoms with Crippen LogP contribution < -0.4 is 4.74 Å². The molecule has 192 valence electrons. The van der Waals surface area contributed by atoms with E-state index in [1.807, 2.05) is 6.07 Å². The monoisotopic (exact) mass is 550 g/mol. The van der Waals surface area contributed by atoms with Crippen molar-refractivity contribution in [1.29, 1.82) is 0 Å². The minimum atomic E-state index is -3.09. The molecule has 0 radical (unpaired) electrons. The maximum absolute atomic E-state index is 14.0. The second-order valence-corrected chi connectivity index (χ2v) is 10.5. The minimum absolute atomic E-state index is 0.0838. The second kappa shape index (κ2) is 11.9. The average Bonchev–Trinajstić information content (AvgIpc) is 2.67. The number of rotatable bonds is 12. The summed E-state index contributed by atoms with van der Waals surface area (Å²) in [7, 11) is 0. The number of halogens is 3. The molecule has 1 amide bonds. The first-order valence-corrected chi connectivity index (χ1v) is 12.2. The first-order chi connectivity index (χ1) is 16.0. The zero-order valence-corrected chi connectivity index (χ0v) is 21.4. The number of alkyl halides is 2. The first kappa shape index (κ1) is 27.0. The van der Waals surface area contributed by atoms with E-state index < -0.39 is 36.9 Å². The molecule has 1 aromatic rings. The summed E-state index contributed by atoms with van der Waals surface area (Å²) in [5, 5.41) is 0. The lowest BCUT2D eigenvalue weighted by Crippen LogP contribution is -2.56. The Balaban J connectivity index is 1.16. The second-order valence-electron chi connectivity index (χ2n) is 9.60. The van der Waals surface area contributed by atoms with Gasteiger partial charge in [-0.3, -0.25) is 0 Å². The highest BCUT2D eigenvalue weighted by Crippen LogP contribution is 2.28. The van der Waals surface area contributed by atoms with Gasteiger partial charge in [0.15, 0.2) is 0 Å². The molecule has 0 unspecified atom stereocenters. The van der Waals surface area contributed by atoms with E-state index in [1.165, 1.54) is 4.90 Å². The van der Waals surface area contributed by atoms with E-state index in [2.05, 4.69) is 20.9 Å². The molecule has 2 aliphatic rings. The molecule has 1 aromatic heterocycles. The number of likely N-dealkylation sites (tertiary alicyclic amines) is 1. The number of hydrogen-bond donors (Lipinski definition) is 0. The minimum Gasteiger partial charge on any atom is -0.474 e. The van der Waals surface area contributed by atoms with E-state index in [9.17, 15) is 13.6 Å². The molecular formula is C23H33BrF2N2O6. The Hall–Kier alpha value is -1.56. The van der Waals surface area contributed by atoms with Crippen molar-refractivity contribution in [2.24, 2.45) is 0 Å². The van der Waals surface area contributed by atoms with Gasteiger partial charge in [-0.05, 0) is 49.2 Å². The number of nitrogens with zero attached hydrogens (tertiary/aromatic N) is 2. The quantitative estimate of drug-likeness (QED) is 0.356. The van der Waals surface area contributed by atoms with Crippen LogP contribution in [0.3, 0.4) is 0 Å². The lowest BCUT2D eigenvalue weighted by molar-refractivity contribution is -0.157. The molecular weight excluding hydrogens is 518 g/mol. The largest absolute Gasteiger partial charge is 0.474 e. The third kappa shape index (κ3) is 9.24. The Bertz CT molecular complexity index is 781. The summed E-state index contributed by atoms with van der Waals surface area (Å²) in [6.45, 7) is 4.97. The van der Waals surface area contributed by atoms with Crippen LogP contribution in [0.5, 0.6) is 5.88 Å². The SMILES string of the molecule is CC(C)(C)OC(=O)N1CC(OCC(F)(F)COCCCO[C@H]2C[C@H](Oc3ccc(Br)cn3)C2)C1. The highest BCUT2D eigenvalue weighted by molar-refractivity contribution is 9.10. The van der Waals surface area contributed by atoms with Crippen molar-refractivity contribution >= 4 is 22.0 Å². The summed E-state index contributed by atoms with van der Waals surface area (Å²) >= 11 is 3.33. The van der Waals surface area contributed by atoms with Gasteiger partial charge in [0.25, 0.3) is 5.92 Å². The van der Waals surface area contributed by atoms with Crippen molar-refractivity contribution in [1.82, 2.24) is 9.88 Å². The molecule has 0 spiro atoms. The molecule has 0 N–H and O–H groups in total. The van der Waals surface area contributed by atoms with E-state index in [1.54, 1.807) is 33.0 Å². The van der Waals surface area contributed by atoms with Gasteiger partial charge in [-0.1, -0.05) is 0 Å². The Morgan fingerprint density at radius 2 is 1.82 bits per heavy atom. The lowest BCUT2D eigenvalue weighted by atomic mass is 9.92. The molecule has 2 fully saturated rings. The predicted octanol–water partition coefficient (Wildman–Crippen LogP) is 4.45. The van der Waals surface area contributed by atoms with Crippen LogP contribution >= 0.6 is 15.9 Å². The van der Waals surface area contributed by atoms with Crippen LogP contribution in [0.25, 0.3) is 0 Å². The normalized spacial score (nSPS) is 21.1. The van der Waals surface area contributed by atoms with Crippen molar-refractivity contribution in [3.63, 3.8) is 0 Å². The third-order valence-corrected chi connectivity index (χ3v) is 5.64. The Morgan fingerprint density at radius 3 is 2.47 bits per heavy atom. The van der Waals surface area contributed by atoms with E-state index in [0.29, 0.717) is 18.9 Å². The molecule has 2 heterocycles. The molecule has 34 heavy (non-hydrogen) atoms. The van der Waals surface area contributed by atoms with Crippen molar-refractivity contribution < 1.29 is 37.3 Å². The van der Waals surface area contributed by atoms with Crippen LogP contribution in [0, 0.1) is 0 Å². The lowest BCUT2D eigenvalue weighted by Gasteiger charge is -2.39. The Kier molecular flexibility index (Phi) is 9.48. The van der Waals surface area contributed by atoms with Gasteiger partial charge in [0, 0.05) is 42.8 Å². The van der Waals surface area contributed by atoms with Crippen molar-refractivity contribution in [3.05, 3.63) is 22.8 Å². The summed E-state index contributed by atoms with van der Waals surface area (Å²) in [5.74, 6) is -2.50. The summed E-state index contributed by atoms with van der Waals surface area (Å²) in [6.07, 6.45) is 3.09. The van der Waals surface area contributed by atoms with Gasteiger partial charge in [-0.2, -0.15) is 0 Å². The van der Waals surface area contributed by atoms with Crippen LogP contribution in [0.15, 0.2) is 22.8 Å². The predicted molar refractivity (Wildman–Crippen MR) is 123 cm³/mol. The number of carbonyl (C=O) groups excluding carboxylic acids is 1. The van der Waals surface area contributed by atoms with Crippen molar-refractivity contribution in [2.45, 2.75) is 69.9 Å². The third-order valence-electron chi connectivity index (χ3n) is 5.17. The number of amides is 1. The highest BCUT2D eigenvalue weighted by Gasteiger charge is 2.38. The van der Waals surface area contributed by atoms with Crippen molar-refractivity contribution in [3.8, 4) is 5.88 Å². The maximum Gasteiger partial charge on any atom is 0.410 e. The molecule has 1 aliphatic heterocycles. The van der Waals surface area contributed by atoms with E-state index in [-0.39, 0.29) is 31.9 Å². The molecule has 8 nitrogen and oxygen atoms in total. The molecule has 1 saturated heterocycles. The van der Waals surface area contributed by atoms with Gasteiger partial charge in [0.05, 0.1) is 25.3 Å². The molecule has 1 saturated carbocycles. The van der Waals surface area contributed by atoms with Crippen molar-refractivity contribution in [2.75, 3.05) is 39.5 Å². The molecule has 3 rings (SSSR count). The fraction of sp³-hybridized carbons (Fsp3) is 0.739. The number of aromatic nitrogens is 1. The molecule has 0 bridgehead atoms. The number of carbonyl (C=O) groups is 1. The Labute approximate surface area is 207 Å². The average molecular weight is 551 g/mol. The Morgan fingerprint density at radius 1 is 1.09 bits per heavy atom. The van der Waals surface area contributed by atoms with Gasteiger partial charge < -0.3 is 28.6 Å². The molecule has 0 atom stereocenters. The molecule has 0 aromatic carbocycles. The fourth-order valence-electron chi connectivity index (χ4n) is 3.29. The first-order valence-electron chi connectivity index (χ1n) is 11.4. The van der Waals surface area contributed by atoms with Gasteiger partial charge in [-0.25, -0.2) is 18.6 Å². The van der Waals surface area contributed by atoms with E-state index in [0.717, 1.165) is 17.3 Å². The zero-order valence-electron chi connectivity index (χ0n) is 19.8. The van der Waals surface area contributed by atoms with E-state index >= 15 is 0 Å². The maximum atomic E-state index is 14.0. The summed E-state index contributed by atoms with van der Waals surface area (Å²) in [4.78, 5) is 17.4. The highest BCUT2D eigenvalue weighted by atomic mass is 79.9. The number of ether oxygens (including phenoxy) is 5. The van der Waals surface area contributed by atoms with Crippen LogP contribution in [-0.2, 0) is 18.9 Å². The van der Waals surface area contributed by atoms with Gasteiger partial charge in [-0.15, -0.1) is 0 Å². The topological polar surface area (TPSA) is 79.4 Å². The zero-order chi connectivity index (χ0) is 24.8. The van der Waals surface area contributed by atoms with E-state index in [4.69, 9.17) is 23.7 Å². The summed E-state index contributed by atoms with van der Waals surface area (Å²) in [6, 6.07) is 3.68. The number of hydrogen-bond acceptors (Lipinski definition) is 7. The van der Waals surface area contributed by atoms with Crippen LogP contribution in [-0.4, -0.2) is 85.3 Å². The number of pyridine rings is 1. The molecule has 11 heteroatoms. The van der Waals surface area contributed by atoms with Crippen LogP contribution in [0.1, 0.15) is 40.0 Å². The standard InChI is InChI=1S/C23H33BrF2N2O6/c1-22(2,3)34-21(29)28-12-19(13-28)32-15-23(25,26)14-30-7-4-8-31-17-9-18(10-17)33-20-6-5-16(24)11-27-20/h5-6,11,17-19H,4,7-10,12-15H2,1-3H3/t17-,18-. The van der Waals surface area contributed by atoms with Crippen LogP contribution in [0.4, 0.5) is 13.6 Å². The van der Waals surface area contributed by atoms with Crippen LogP contribution in [0.2, 0.25) is 0 Å². The van der Waals surface area contributed by atoms with Gasteiger partial charge in [0.1, 0.15) is 24.9 Å². The molecule has 1 aliphatic carbocycles. The smallest absolute Gasteiger partial charge is 0.410 e. The fourth-order valence-corrected chi connectivity index (χ4v) is 3.52. The van der Waals surface area contributed by atoms with Gasteiger partial charge in [0.2, 0.25) is 5.88 Å². The summed E-state index contributed by atoms with van der Waals surface area (Å²) < 4.78 is 55.8. The van der Waals surface area contributed by atoms with Gasteiger partial charge >= 0.3 is 6.09 Å². The summed E-state index contributed by atoms with van der Waals surface area (Å²) in [5.41, 5.74) is -0.592.